The van der Waals surface area contributed by atoms with Gasteiger partial charge in [-0.25, -0.2) is 9.69 Å². The van der Waals surface area contributed by atoms with Gasteiger partial charge in [0.25, 0.3) is 0 Å². The number of phenolic OH excluding ortho intramolecular Hbond substituents is 1. The summed E-state index contributed by atoms with van der Waals surface area (Å²) in [5, 5.41) is 13.8. The van der Waals surface area contributed by atoms with Gasteiger partial charge in [0, 0.05) is 43.1 Å². The van der Waals surface area contributed by atoms with Gasteiger partial charge >= 0.3 is 12.1 Å². The first kappa shape index (κ1) is 43.5. The lowest BCUT2D eigenvalue weighted by molar-refractivity contribution is -0.178. The van der Waals surface area contributed by atoms with Crippen molar-refractivity contribution in [1.29, 1.82) is 0 Å². The van der Waals surface area contributed by atoms with Crippen LogP contribution in [0.4, 0.5) is 10.5 Å². The Balaban J connectivity index is 1.31. The quantitative estimate of drug-likeness (QED) is 0.0785. The molecular formula is C53H46N4O9. The maximum absolute atomic E-state index is 16.2. The molecule has 2 N–H and O–H groups in total. The van der Waals surface area contributed by atoms with Gasteiger partial charge in [-0.15, -0.1) is 0 Å². The van der Waals surface area contributed by atoms with E-state index < -0.39 is 59.4 Å². The van der Waals surface area contributed by atoms with Crippen molar-refractivity contribution in [1.82, 2.24) is 15.2 Å². The van der Waals surface area contributed by atoms with E-state index in [1.807, 2.05) is 89.8 Å². The Bertz CT molecular complexity index is 2800. The number of benzene rings is 5. The van der Waals surface area contributed by atoms with Crippen LogP contribution in [0.25, 0.3) is 0 Å². The maximum atomic E-state index is 16.2. The molecule has 2 fully saturated rings. The van der Waals surface area contributed by atoms with Crippen LogP contribution in [-0.2, 0) is 40.4 Å². The number of nitrogens with one attached hydrogen (secondary N) is 1. The van der Waals surface area contributed by atoms with Gasteiger partial charge in [0.1, 0.15) is 35.7 Å². The largest absolute Gasteiger partial charge is 0.508 e. The van der Waals surface area contributed by atoms with Crippen LogP contribution in [0.1, 0.15) is 57.3 Å². The molecule has 13 nitrogen and oxygen atoms in total. The van der Waals surface area contributed by atoms with Crippen LogP contribution in [0.2, 0.25) is 0 Å². The van der Waals surface area contributed by atoms with Crippen LogP contribution in [0.5, 0.6) is 11.5 Å². The molecule has 6 aromatic rings. The monoisotopic (exact) mass is 882 g/mol. The minimum absolute atomic E-state index is 0.0384. The fourth-order valence-electron chi connectivity index (χ4n) is 9.69. The van der Waals surface area contributed by atoms with Gasteiger partial charge in [-0.1, -0.05) is 90.7 Å². The summed E-state index contributed by atoms with van der Waals surface area (Å²) in [6.45, 7) is 0.00600. The predicted octanol–water partition coefficient (Wildman–Crippen LogP) is 7.00. The zero-order chi connectivity index (χ0) is 45.8. The van der Waals surface area contributed by atoms with Gasteiger partial charge in [-0.05, 0) is 89.0 Å². The number of imide groups is 1. The van der Waals surface area contributed by atoms with E-state index in [-0.39, 0.29) is 36.8 Å². The highest BCUT2D eigenvalue weighted by Crippen LogP contribution is 2.66. The highest BCUT2D eigenvalue weighted by molar-refractivity contribution is 6.23. The second-order valence-corrected chi connectivity index (χ2v) is 16.2. The van der Waals surface area contributed by atoms with E-state index in [0.29, 0.717) is 34.4 Å². The van der Waals surface area contributed by atoms with Gasteiger partial charge in [0.2, 0.25) is 11.8 Å². The predicted molar refractivity (Wildman–Crippen MR) is 243 cm³/mol. The van der Waals surface area contributed by atoms with Crippen LogP contribution >= 0.6 is 0 Å². The van der Waals surface area contributed by atoms with Crippen LogP contribution in [0.3, 0.4) is 0 Å². The number of fused-ring (bicyclic) bond motifs is 3. The molecule has 1 aromatic heterocycles. The van der Waals surface area contributed by atoms with Crippen molar-refractivity contribution in [3.63, 3.8) is 0 Å². The summed E-state index contributed by atoms with van der Waals surface area (Å²) in [6.07, 6.45) is 0.119. The number of hydrogen-bond acceptors (Lipinski definition) is 11. The number of aromatic nitrogens is 1. The Labute approximate surface area is 381 Å². The number of rotatable bonds is 11. The van der Waals surface area contributed by atoms with Crippen LogP contribution < -0.4 is 15.0 Å². The fourth-order valence-corrected chi connectivity index (χ4v) is 9.69. The van der Waals surface area contributed by atoms with E-state index in [4.69, 9.17) is 18.9 Å². The maximum Gasteiger partial charge on any atom is 0.421 e. The van der Waals surface area contributed by atoms with E-state index >= 15 is 14.4 Å². The molecule has 3 amide bonds. The number of carbonyl (C=O) groups excluding carboxylic acids is 4. The summed E-state index contributed by atoms with van der Waals surface area (Å²) < 4.78 is 22.7. The number of morpholine rings is 1. The number of amides is 3. The van der Waals surface area contributed by atoms with Crippen LogP contribution in [0, 0.1) is 17.8 Å². The Morgan fingerprint density at radius 2 is 1.45 bits per heavy atom. The van der Waals surface area contributed by atoms with Gasteiger partial charge in [0.15, 0.2) is 0 Å². The second kappa shape index (κ2) is 18.7. The second-order valence-electron chi connectivity index (χ2n) is 16.2. The van der Waals surface area contributed by atoms with Gasteiger partial charge in [-0.2, -0.15) is 0 Å². The minimum Gasteiger partial charge on any atom is -0.508 e. The fraction of sp³-hybridized carbons (Fsp3) is 0.226. The number of esters is 1. The number of aromatic hydroxyl groups is 1. The minimum atomic E-state index is -2.03. The summed E-state index contributed by atoms with van der Waals surface area (Å²) in [7, 11) is 3.05. The third-order valence-electron chi connectivity index (χ3n) is 12.5. The number of pyridine rings is 1. The molecular weight excluding hydrogens is 837 g/mol. The molecule has 0 radical (unpaired) electrons. The Morgan fingerprint density at radius 1 is 0.773 bits per heavy atom. The molecule has 0 saturated carbocycles. The zero-order valence-electron chi connectivity index (χ0n) is 36.2. The highest BCUT2D eigenvalue weighted by atomic mass is 16.6. The van der Waals surface area contributed by atoms with E-state index in [1.54, 1.807) is 61.8 Å². The first-order valence-corrected chi connectivity index (χ1v) is 21.6. The number of phenols is 1. The van der Waals surface area contributed by atoms with Crippen molar-refractivity contribution in [2.45, 2.75) is 36.1 Å². The lowest BCUT2D eigenvalue weighted by atomic mass is 9.65. The summed E-state index contributed by atoms with van der Waals surface area (Å²) in [6, 6.07) is 39.7. The number of anilines is 1. The smallest absolute Gasteiger partial charge is 0.421 e. The molecule has 0 aliphatic carbocycles. The number of cyclic esters (lactones) is 1. The van der Waals surface area contributed by atoms with Crippen molar-refractivity contribution in [2.24, 2.45) is 5.92 Å². The molecule has 332 valence electrons. The van der Waals surface area contributed by atoms with Crippen molar-refractivity contribution in [3.8, 4) is 23.3 Å². The van der Waals surface area contributed by atoms with Crippen LogP contribution in [0.15, 0.2) is 152 Å². The van der Waals surface area contributed by atoms with E-state index in [0.717, 1.165) is 16.2 Å². The van der Waals surface area contributed by atoms with Crippen molar-refractivity contribution in [2.75, 3.05) is 38.9 Å². The van der Waals surface area contributed by atoms with Crippen molar-refractivity contribution < 1.29 is 43.2 Å². The topological polar surface area (TPSA) is 157 Å². The molecule has 0 unspecified atom stereocenters. The number of hydrogen-bond donors (Lipinski definition) is 2. The molecule has 3 aliphatic rings. The van der Waals surface area contributed by atoms with Crippen molar-refractivity contribution >= 4 is 29.6 Å². The van der Waals surface area contributed by atoms with Crippen LogP contribution in [-0.4, -0.2) is 78.9 Å². The lowest BCUT2D eigenvalue weighted by Gasteiger charge is -2.46. The molecule has 13 heteroatoms. The molecule has 3 aliphatic heterocycles. The average Bonchev–Trinajstić information content (AvgIpc) is 3.81. The molecule has 6 atom stereocenters. The third-order valence-corrected chi connectivity index (χ3v) is 12.5. The SMILES string of the molecule is COCCOC(=O)N1C(=O)[C@@]2(c3cc(C#Cc4ccc(OC)cc4)ccc31)[C@H](c1ccc(O)cc1)N1[C@H](c3ccccc3)[C@H](c3ccccc3)OC(=O)[C@H]1[C@@H]2C(=O)NCCc1ccccn1. The first-order valence-electron chi connectivity index (χ1n) is 21.6. The van der Waals surface area contributed by atoms with Gasteiger partial charge in [0.05, 0.1) is 37.4 Å². The molecule has 2 saturated heterocycles. The summed E-state index contributed by atoms with van der Waals surface area (Å²) in [5.41, 5.74) is 2.24. The van der Waals surface area contributed by atoms with Gasteiger partial charge < -0.3 is 29.4 Å². The molecule has 1 spiro atoms. The average molecular weight is 883 g/mol. The number of methoxy groups -OCH3 is 2. The van der Waals surface area contributed by atoms with E-state index in [9.17, 15) is 9.90 Å². The Hall–Kier alpha value is -7.79. The highest BCUT2D eigenvalue weighted by Gasteiger charge is 2.75. The van der Waals surface area contributed by atoms with Gasteiger partial charge in [-0.3, -0.25) is 24.3 Å². The number of nitrogens with zero attached hydrogens (tertiary/aromatic N) is 3. The summed E-state index contributed by atoms with van der Waals surface area (Å²) in [4.78, 5) is 68.8. The Kier molecular flexibility index (Phi) is 12.3. The standard InChI is InChI=1S/C53H46N4O9/c1-63-31-32-65-52(62)56-43-27-20-35(17-16-34-18-25-41(64-2)26-19-34)33-42(43)53(51(56)61)44(49(59)55-30-28-39-15-9-10-29-54-39)46-50(60)66-47(37-13-7-4-8-14-37)45(36-11-5-3-6-12-36)57(46)48(53)38-21-23-40(58)24-22-38/h3-15,18-27,29,33,44-48,58H,28,30-32H2,1-2H3,(H,55,59)/t44-,45-,46-,47+,48+,53-/m1/s1. The third kappa shape index (κ3) is 7.91. The normalized spacial score (nSPS) is 21.8. The lowest BCUT2D eigenvalue weighted by Crippen LogP contribution is -2.56. The summed E-state index contributed by atoms with van der Waals surface area (Å²) in [5.74, 6) is 3.41. The molecule has 5 aromatic carbocycles. The summed E-state index contributed by atoms with van der Waals surface area (Å²) >= 11 is 0. The van der Waals surface area contributed by atoms with E-state index in [1.165, 1.54) is 19.2 Å². The molecule has 66 heavy (non-hydrogen) atoms. The molecule has 4 heterocycles. The first-order chi connectivity index (χ1) is 32.2. The molecule has 0 bridgehead atoms. The Morgan fingerprint density at radius 3 is 2.14 bits per heavy atom. The number of ether oxygens (including phenoxy) is 4. The number of carbonyl (C=O) groups is 4. The zero-order valence-corrected chi connectivity index (χ0v) is 36.2. The van der Waals surface area contributed by atoms with Crippen molar-refractivity contribution in [3.05, 3.63) is 191 Å². The van der Waals surface area contributed by atoms with E-state index in [2.05, 4.69) is 22.1 Å². The molecule has 9 rings (SSSR count).